The van der Waals surface area contributed by atoms with Gasteiger partial charge in [-0.2, -0.15) is 0 Å². The molecule has 0 atom stereocenters. The predicted molar refractivity (Wildman–Crippen MR) is 86.7 cm³/mol. The molecule has 3 N–H and O–H groups in total. The second-order valence-electron chi connectivity index (χ2n) is 4.64. The van der Waals surface area contributed by atoms with Crippen LogP contribution in [0.2, 0.25) is 0 Å². The smallest absolute Gasteiger partial charge is 0.262 e. The zero-order valence-electron chi connectivity index (χ0n) is 12.3. The van der Waals surface area contributed by atoms with Gasteiger partial charge in [-0.15, -0.1) is 21.5 Å². The second-order valence-corrected chi connectivity index (χ2v) is 5.55. The van der Waals surface area contributed by atoms with E-state index in [1.807, 2.05) is 0 Å². The van der Waals surface area contributed by atoms with Gasteiger partial charge in [0, 0.05) is 5.56 Å². The molecule has 0 saturated carbocycles. The van der Waals surface area contributed by atoms with Gasteiger partial charge in [0.25, 0.3) is 11.8 Å². The fourth-order valence-corrected chi connectivity index (χ4v) is 2.74. The first-order chi connectivity index (χ1) is 11.6. The van der Waals surface area contributed by atoms with Crippen molar-refractivity contribution in [2.45, 2.75) is 0 Å². The molecule has 3 aromatic rings. The lowest BCUT2D eigenvalue weighted by Crippen LogP contribution is -2.21. The van der Waals surface area contributed by atoms with Crippen molar-refractivity contribution in [3.63, 3.8) is 0 Å². The SMILES string of the molecule is NC(=O)c1ccsc1NC(=O)COc1cccc(-c2nnco2)c1. The van der Waals surface area contributed by atoms with Crippen LogP contribution in [-0.2, 0) is 4.79 Å². The third-order valence-electron chi connectivity index (χ3n) is 2.99. The van der Waals surface area contributed by atoms with Crippen LogP contribution in [0.5, 0.6) is 5.75 Å². The second kappa shape index (κ2) is 6.92. The van der Waals surface area contributed by atoms with Gasteiger partial charge in [0.15, 0.2) is 6.61 Å². The Hall–Kier alpha value is -3.20. The van der Waals surface area contributed by atoms with Gasteiger partial charge in [0.2, 0.25) is 12.3 Å². The van der Waals surface area contributed by atoms with E-state index in [9.17, 15) is 9.59 Å². The van der Waals surface area contributed by atoms with Gasteiger partial charge in [0.1, 0.15) is 10.8 Å². The van der Waals surface area contributed by atoms with E-state index < -0.39 is 11.8 Å². The number of nitrogens with zero attached hydrogens (tertiary/aromatic N) is 2. The largest absolute Gasteiger partial charge is 0.484 e. The molecule has 2 amide bonds. The highest BCUT2D eigenvalue weighted by Crippen LogP contribution is 2.23. The Morgan fingerprint density at radius 3 is 2.96 bits per heavy atom. The summed E-state index contributed by atoms with van der Waals surface area (Å²) in [4.78, 5) is 23.2. The highest BCUT2D eigenvalue weighted by molar-refractivity contribution is 7.14. The van der Waals surface area contributed by atoms with Crippen molar-refractivity contribution in [3.8, 4) is 17.2 Å². The Balaban J connectivity index is 1.61. The predicted octanol–water partition coefficient (Wildman–Crippen LogP) is 1.91. The van der Waals surface area contributed by atoms with Crippen LogP contribution in [0.3, 0.4) is 0 Å². The van der Waals surface area contributed by atoms with Crippen molar-refractivity contribution in [2.24, 2.45) is 5.73 Å². The number of aromatic nitrogens is 2. The first kappa shape index (κ1) is 15.7. The van der Waals surface area contributed by atoms with Gasteiger partial charge in [-0.3, -0.25) is 9.59 Å². The number of hydrogen-bond acceptors (Lipinski definition) is 7. The number of carbonyl (C=O) groups excluding carboxylic acids is 2. The molecule has 8 nitrogen and oxygen atoms in total. The first-order valence-corrected chi connectivity index (χ1v) is 7.68. The molecule has 0 fully saturated rings. The van der Waals surface area contributed by atoms with E-state index in [1.165, 1.54) is 17.7 Å². The van der Waals surface area contributed by atoms with Crippen LogP contribution < -0.4 is 15.8 Å². The Bertz CT molecular complexity index is 860. The molecule has 0 aliphatic carbocycles. The molecule has 2 aromatic heterocycles. The van der Waals surface area contributed by atoms with Gasteiger partial charge < -0.3 is 20.2 Å². The monoisotopic (exact) mass is 344 g/mol. The minimum atomic E-state index is -0.597. The van der Waals surface area contributed by atoms with Crippen LogP contribution in [-0.4, -0.2) is 28.6 Å². The standard InChI is InChI=1S/C15H12N4O4S/c16-13(21)11-4-5-24-15(11)18-12(20)7-22-10-3-1-2-9(6-10)14-19-17-8-23-14/h1-6,8H,7H2,(H2,16,21)(H,18,20). The number of benzene rings is 1. The third kappa shape index (κ3) is 3.58. The Morgan fingerprint density at radius 2 is 2.21 bits per heavy atom. The Labute approximate surface area is 140 Å². The van der Waals surface area contributed by atoms with E-state index in [1.54, 1.807) is 35.7 Å². The molecule has 0 spiro atoms. The number of anilines is 1. The maximum atomic E-state index is 11.9. The van der Waals surface area contributed by atoms with Crippen molar-refractivity contribution in [1.82, 2.24) is 10.2 Å². The molecule has 122 valence electrons. The lowest BCUT2D eigenvalue weighted by molar-refractivity contribution is -0.118. The zero-order valence-corrected chi connectivity index (χ0v) is 13.1. The van der Waals surface area contributed by atoms with E-state index in [-0.39, 0.29) is 12.2 Å². The molecule has 9 heteroatoms. The number of ether oxygens (including phenoxy) is 1. The normalized spacial score (nSPS) is 10.3. The van der Waals surface area contributed by atoms with E-state index in [0.717, 1.165) is 0 Å². The average molecular weight is 344 g/mol. The lowest BCUT2D eigenvalue weighted by Gasteiger charge is -2.08. The summed E-state index contributed by atoms with van der Waals surface area (Å²) in [7, 11) is 0. The van der Waals surface area contributed by atoms with Crippen molar-refractivity contribution < 1.29 is 18.7 Å². The maximum absolute atomic E-state index is 11.9. The number of primary amides is 1. The van der Waals surface area contributed by atoms with Crippen LogP contribution in [0.25, 0.3) is 11.5 Å². The number of hydrogen-bond donors (Lipinski definition) is 2. The van der Waals surface area contributed by atoms with Crippen LogP contribution in [0.1, 0.15) is 10.4 Å². The molecule has 2 heterocycles. The highest BCUT2D eigenvalue weighted by atomic mass is 32.1. The molecule has 0 aliphatic heterocycles. The van der Waals surface area contributed by atoms with Crippen LogP contribution in [0.15, 0.2) is 46.5 Å². The van der Waals surface area contributed by atoms with E-state index in [0.29, 0.717) is 22.2 Å². The minimum Gasteiger partial charge on any atom is -0.484 e. The number of thiophene rings is 1. The number of rotatable bonds is 6. The van der Waals surface area contributed by atoms with E-state index in [2.05, 4.69) is 15.5 Å². The summed E-state index contributed by atoms with van der Waals surface area (Å²) in [6.07, 6.45) is 1.23. The van der Waals surface area contributed by atoms with E-state index >= 15 is 0 Å². The summed E-state index contributed by atoms with van der Waals surface area (Å²) in [5.74, 6) is -0.167. The van der Waals surface area contributed by atoms with E-state index in [4.69, 9.17) is 14.9 Å². The summed E-state index contributed by atoms with van der Waals surface area (Å²) in [5.41, 5.74) is 6.18. The maximum Gasteiger partial charge on any atom is 0.262 e. The topological polar surface area (TPSA) is 120 Å². The molecule has 0 radical (unpaired) electrons. The highest BCUT2D eigenvalue weighted by Gasteiger charge is 2.13. The lowest BCUT2D eigenvalue weighted by atomic mass is 10.2. The van der Waals surface area contributed by atoms with Gasteiger partial charge in [0.05, 0.1) is 5.56 Å². The Kier molecular flexibility index (Phi) is 4.52. The summed E-state index contributed by atoms with van der Waals surface area (Å²) in [6.45, 7) is -0.219. The van der Waals surface area contributed by atoms with Crippen molar-refractivity contribution >= 4 is 28.2 Å². The van der Waals surface area contributed by atoms with Crippen molar-refractivity contribution in [3.05, 3.63) is 47.7 Å². The van der Waals surface area contributed by atoms with Gasteiger partial charge in [-0.1, -0.05) is 6.07 Å². The van der Waals surface area contributed by atoms with Gasteiger partial charge in [-0.25, -0.2) is 0 Å². The van der Waals surface area contributed by atoms with Crippen molar-refractivity contribution in [1.29, 1.82) is 0 Å². The Morgan fingerprint density at radius 1 is 1.33 bits per heavy atom. The molecular formula is C15H12N4O4S. The molecule has 1 aromatic carbocycles. The van der Waals surface area contributed by atoms with Gasteiger partial charge >= 0.3 is 0 Å². The summed E-state index contributed by atoms with van der Waals surface area (Å²) in [6, 6.07) is 8.47. The van der Waals surface area contributed by atoms with Crippen molar-refractivity contribution in [2.75, 3.05) is 11.9 Å². The molecule has 3 rings (SSSR count). The van der Waals surface area contributed by atoms with Crippen LogP contribution in [0.4, 0.5) is 5.00 Å². The molecular weight excluding hydrogens is 332 g/mol. The number of nitrogens with one attached hydrogen (secondary N) is 1. The number of amides is 2. The minimum absolute atomic E-state index is 0.219. The number of nitrogens with two attached hydrogens (primary N) is 1. The molecule has 0 unspecified atom stereocenters. The molecule has 0 saturated heterocycles. The molecule has 0 bridgehead atoms. The average Bonchev–Trinajstić information content (AvgIpc) is 3.25. The summed E-state index contributed by atoms with van der Waals surface area (Å²) >= 11 is 1.21. The fourth-order valence-electron chi connectivity index (χ4n) is 1.93. The fraction of sp³-hybridized carbons (Fsp3) is 0.0667. The summed E-state index contributed by atoms with van der Waals surface area (Å²) in [5, 5.41) is 12.1. The quantitative estimate of drug-likeness (QED) is 0.705. The third-order valence-corrected chi connectivity index (χ3v) is 3.82. The molecule has 0 aliphatic rings. The number of carbonyl (C=O) groups is 2. The zero-order chi connectivity index (χ0) is 16.9. The molecule has 24 heavy (non-hydrogen) atoms. The van der Waals surface area contributed by atoms with Crippen LogP contribution >= 0.6 is 11.3 Å². The van der Waals surface area contributed by atoms with Crippen LogP contribution in [0, 0.1) is 0 Å². The van der Waals surface area contributed by atoms with Gasteiger partial charge in [-0.05, 0) is 29.6 Å². The summed E-state index contributed by atoms with van der Waals surface area (Å²) < 4.78 is 10.5. The first-order valence-electron chi connectivity index (χ1n) is 6.80.